The molecule has 0 saturated carbocycles. The first-order valence-corrected chi connectivity index (χ1v) is 15.5. The monoisotopic (exact) mass is 564 g/mol. The van der Waals surface area contributed by atoms with Crippen LogP contribution < -0.4 is 0 Å². The summed E-state index contributed by atoms with van der Waals surface area (Å²) in [5.74, 6) is 0. The van der Waals surface area contributed by atoms with Crippen molar-refractivity contribution < 1.29 is 0 Å². The van der Waals surface area contributed by atoms with Crippen LogP contribution in [-0.4, -0.2) is 9.13 Å². The Morgan fingerprint density at radius 1 is 0.372 bits per heavy atom. The lowest BCUT2D eigenvalue weighted by atomic mass is 10.00. The van der Waals surface area contributed by atoms with Crippen molar-refractivity contribution in [2.75, 3.05) is 0 Å². The van der Waals surface area contributed by atoms with Crippen molar-refractivity contribution in [2.24, 2.45) is 0 Å². The smallest absolute Gasteiger partial charge is 0.0640 e. The molecule has 0 amide bonds. The summed E-state index contributed by atoms with van der Waals surface area (Å²) in [7, 11) is 0. The van der Waals surface area contributed by atoms with Gasteiger partial charge in [0.15, 0.2) is 0 Å². The third kappa shape index (κ3) is 3.07. The summed E-state index contributed by atoms with van der Waals surface area (Å²) in [6.45, 7) is 0. The fourth-order valence-electron chi connectivity index (χ4n) is 7.34. The Morgan fingerprint density at radius 2 is 0.977 bits per heavy atom. The van der Waals surface area contributed by atoms with Gasteiger partial charge in [0.2, 0.25) is 0 Å². The van der Waals surface area contributed by atoms with Gasteiger partial charge in [-0.2, -0.15) is 0 Å². The second-order valence-electron chi connectivity index (χ2n) is 11.3. The van der Waals surface area contributed by atoms with Gasteiger partial charge < -0.3 is 9.13 Å². The number of aromatic nitrogens is 2. The van der Waals surface area contributed by atoms with Crippen LogP contribution in [0.3, 0.4) is 0 Å². The van der Waals surface area contributed by atoms with Gasteiger partial charge in [-0.25, -0.2) is 0 Å². The molecular weight excluding hydrogens is 541 g/mol. The zero-order chi connectivity index (χ0) is 28.1. The van der Waals surface area contributed by atoms with Gasteiger partial charge in [0, 0.05) is 58.5 Å². The van der Waals surface area contributed by atoms with Gasteiger partial charge >= 0.3 is 0 Å². The fourth-order valence-corrected chi connectivity index (χ4v) is 8.58. The summed E-state index contributed by atoms with van der Waals surface area (Å²) in [4.78, 5) is 0. The van der Waals surface area contributed by atoms with Crippen molar-refractivity contribution in [3.63, 3.8) is 0 Å². The number of benzene rings is 7. The summed E-state index contributed by atoms with van der Waals surface area (Å²) < 4.78 is 7.61. The molecule has 0 fully saturated rings. The molecular formula is C40H24N2S. The Bertz CT molecular complexity index is 2720. The van der Waals surface area contributed by atoms with E-state index < -0.39 is 0 Å². The van der Waals surface area contributed by atoms with Crippen LogP contribution in [-0.2, 0) is 0 Å². The Hall–Kier alpha value is -5.38. The lowest BCUT2D eigenvalue weighted by molar-refractivity contribution is 1.16. The first-order valence-electron chi connectivity index (χ1n) is 14.7. The maximum atomic E-state index is 2.52. The van der Waals surface area contributed by atoms with E-state index in [1.54, 1.807) is 0 Å². The molecule has 10 aromatic rings. The highest BCUT2D eigenvalue weighted by Gasteiger charge is 2.22. The quantitative estimate of drug-likeness (QED) is 0.198. The van der Waals surface area contributed by atoms with Crippen LogP contribution in [0.5, 0.6) is 0 Å². The molecule has 3 aromatic heterocycles. The average molecular weight is 565 g/mol. The highest BCUT2D eigenvalue weighted by Crippen LogP contribution is 2.48. The molecule has 0 aliphatic carbocycles. The number of nitrogens with zero attached hydrogens (tertiary/aromatic N) is 2. The van der Waals surface area contributed by atoms with Crippen LogP contribution in [0.25, 0.3) is 85.9 Å². The normalized spacial score (nSPS) is 12.2. The summed E-state index contributed by atoms with van der Waals surface area (Å²) in [5, 5.41) is 10.4. The van der Waals surface area contributed by atoms with Crippen LogP contribution in [0.4, 0.5) is 0 Å². The van der Waals surface area contributed by atoms with E-state index in [4.69, 9.17) is 0 Å². The molecule has 0 saturated heterocycles. The minimum atomic E-state index is 1.17. The van der Waals surface area contributed by atoms with Gasteiger partial charge in [0.05, 0.1) is 22.1 Å². The molecule has 10 rings (SSSR count). The van der Waals surface area contributed by atoms with Crippen LogP contribution in [0, 0.1) is 0 Å². The van der Waals surface area contributed by atoms with Crippen LogP contribution in [0.2, 0.25) is 0 Å². The van der Waals surface area contributed by atoms with Gasteiger partial charge in [0.25, 0.3) is 0 Å². The first kappa shape index (κ1) is 23.2. The Labute approximate surface area is 251 Å². The van der Waals surface area contributed by atoms with E-state index in [2.05, 4.69) is 155 Å². The summed E-state index contributed by atoms with van der Waals surface area (Å²) in [6.07, 6.45) is 0. The van der Waals surface area contributed by atoms with Gasteiger partial charge in [-0.15, -0.1) is 11.3 Å². The second-order valence-corrected chi connectivity index (χ2v) is 12.4. The Kier molecular flexibility index (Phi) is 4.63. The summed E-state index contributed by atoms with van der Waals surface area (Å²) in [6, 6.07) is 53.2. The molecule has 0 N–H and O–H groups in total. The molecule has 0 spiro atoms. The lowest BCUT2D eigenvalue weighted by Gasteiger charge is -2.12. The number of para-hydroxylation sites is 3. The molecule has 0 aliphatic rings. The van der Waals surface area contributed by atoms with Crippen molar-refractivity contribution in [2.45, 2.75) is 0 Å². The third-order valence-corrected chi connectivity index (χ3v) is 10.3. The molecule has 43 heavy (non-hydrogen) atoms. The van der Waals surface area contributed by atoms with Crippen molar-refractivity contribution in [3.8, 4) is 11.4 Å². The minimum Gasteiger partial charge on any atom is -0.309 e. The van der Waals surface area contributed by atoms with Crippen LogP contribution in [0.15, 0.2) is 146 Å². The molecule has 0 aliphatic heterocycles. The van der Waals surface area contributed by atoms with Gasteiger partial charge in [-0.3, -0.25) is 0 Å². The number of fused-ring (bicyclic) bond motifs is 13. The molecule has 0 radical (unpaired) electrons. The second kappa shape index (κ2) is 8.57. The van der Waals surface area contributed by atoms with Crippen LogP contribution >= 0.6 is 11.3 Å². The highest BCUT2D eigenvalue weighted by atomic mass is 32.1. The first-order chi connectivity index (χ1) is 21.4. The van der Waals surface area contributed by atoms with E-state index in [9.17, 15) is 0 Å². The molecule has 7 aromatic carbocycles. The van der Waals surface area contributed by atoms with E-state index in [1.807, 2.05) is 11.3 Å². The highest BCUT2D eigenvalue weighted by molar-refractivity contribution is 7.27. The van der Waals surface area contributed by atoms with Gasteiger partial charge in [-0.05, 0) is 47.9 Å². The third-order valence-electron chi connectivity index (χ3n) is 9.08. The minimum absolute atomic E-state index is 1.17. The SMILES string of the molecule is c1ccc(-n2c3ccccc3c3ccc(-n4c5ccccc5c5c6ccccc6c6sc7ccccc7c6c54)cc32)cc1. The van der Waals surface area contributed by atoms with E-state index in [1.165, 1.54) is 85.9 Å². The van der Waals surface area contributed by atoms with E-state index >= 15 is 0 Å². The molecule has 200 valence electrons. The number of hydrogen-bond acceptors (Lipinski definition) is 1. The van der Waals surface area contributed by atoms with Crippen molar-refractivity contribution >= 4 is 85.9 Å². The van der Waals surface area contributed by atoms with Crippen molar-refractivity contribution in [1.82, 2.24) is 9.13 Å². The Morgan fingerprint density at radius 3 is 1.79 bits per heavy atom. The molecule has 3 heterocycles. The number of thiophene rings is 1. The predicted molar refractivity (Wildman–Crippen MR) is 186 cm³/mol. The topological polar surface area (TPSA) is 9.86 Å². The Balaban J connectivity index is 1.43. The van der Waals surface area contributed by atoms with E-state index in [0.29, 0.717) is 0 Å². The molecule has 2 nitrogen and oxygen atoms in total. The average Bonchev–Trinajstić information content (AvgIpc) is 3.73. The standard InChI is InChI=1S/C40H24N2S/c1-2-12-25(13-3-1)41-33-19-9-6-14-27(33)28-23-22-26(24-35(28)41)42-34-20-10-7-17-31(34)37-29-15-4-5-16-30(29)40-38(39(37)42)32-18-8-11-21-36(32)43-40/h1-24H. The summed E-state index contributed by atoms with van der Waals surface area (Å²) >= 11 is 1.91. The van der Waals surface area contributed by atoms with Crippen LogP contribution in [0.1, 0.15) is 0 Å². The molecule has 0 atom stereocenters. The zero-order valence-corrected chi connectivity index (χ0v) is 24.0. The van der Waals surface area contributed by atoms with Gasteiger partial charge in [0.1, 0.15) is 0 Å². The number of rotatable bonds is 2. The molecule has 0 unspecified atom stereocenters. The van der Waals surface area contributed by atoms with Crippen molar-refractivity contribution in [3.05, 3.63) is 146 Å². The number of hydrogen-bond donors (Lipinski definition) is 0. The summed E-state index contributed by atoms with van der Waals surface area (Å²) in [5.41, 5.74) is 7.29. The lowest BCUT2D eigenvalue weighted by Crippen LogP contribution is -1.97. The van der Waals surface area contributed by atoms with Crippen molar-refractivity contribution in [1.29, 1.82) is 0 Å². The maximum Gasteiger partial charge on any atom is 0.0640 e. The molecule has 3 heteroatoms. The van der Waals surface area contributed by atoms with E-state index in [0.717, 1.165) is 0 Å². The largest absolute Gasteiger partial charge is 0.309 e. The van der Waals surface area contributed by atoms with E-state index in [-0.39, 0.29) is 0 Å². The predicted octanol–water partition coefficient (Wildman–Crippen LogP) is 11.4. The zero-order valence-electron chi connectivity index (χ0n) is 23.2. The fraction of sp³-hybridized carbons (Fsp3) is 0. The maximum absolute atomic E-state index is 2.52. The van der Waals surface area contributed by atoms with Gasteiger partial charge in [-0.1, -0.05) is 103 Å². The molecule has 0 bridgehead atoms.